The van der Waals surface area contributed by atoms with Crippen molar-refractivity contribution >= 4 is 33.4 Å². The number of nitrogens with one attached hydrogen (secondary N) is 1. The maximum Gasteiger partial charge on any atom is 0.322 e. The van der Waals surface area contributed by atoms with Crippen molar-refractivity contribution in [1.82, 2.24) is 4.90 Å². The van der Waals surface area contributed by atoms with Gasteiger partial charge in [0.25, 0.3) is 0 Å². The number of carbonyl (C=O) groups excluding carboxylic acids is 1. The Balaban J connectivity index is 2.13. The molecule has 2 aromatic rings. The second-order valence-corrected chi connectivity index (χ2v) is 7.80. The van der Waals surface area contributed by atoms with Gasteiger partial charge in [-0.05, 0) is 35.9 Å². The zero-order chi connectivity index (χ0) is 19.9. The van der Waals surface area contributed by atoms with Gasteiger partial charge in [-0.3, -0.25) is 0 Å². The van der Waals surface area contributed by atoms with Gasteiger partial charge in [0.15, 0.2) is 0 Å². The summed E-state index contributed by atoms with van der Waals surface area (Å²) in [7, 11) is -2.07. The number of hydrogen-bond donors (Lipinski definition) is 1. The SMILES string of the molecule is COCCN(Cc1cccc(OS(C)(=O)=O)c1)C(=O)Nc1cccc(Cl)c1. The van der Waals surface area contributed by atoms with Crippen molar-refractivity contribution in [3.05, 3.63) is 59.1 Å². The summed E-state index contributed by atoms with van der Waals surface area (Å²) in [5.41, 5.74) is 1.29. The third-order valence-electron chi connectivity index (χ3n) is 3.45. The molecule has 0 aromatic heterocycles. The molecule has 7 nitrogen and oxygen atoms in total. The highest BCUT2D eigenvalue weighted by molar-refractivity contribution is 7.86. The Morgan fingerprint density at radius 1 is 1.19 bits per heavy atom. The van der Waals surface area contributed by atoms with E-state index in [1.807, 2.05) is 0 Å². The Kier molecular flexibility index (Phi) is 7.46. The summed E-state index contributed by atoms with van der Waals surface area (Å²) < 4.78 is 32.5. The van der Waals surface area contributed by atoms with Gasteiger partial charge in [0.1, 0.15) is 5.75 Å². The fraction of sp³-hybridized carbons (Fsp3) is 0.278. The van der Waals surface area contributed by atoms with Crippen LogP contribution in [-0.4, -0.2) is 45.9 Å². The summed E-state index contributed by atoms with van der Waals surface area (Å²) >= 11 is 5.94. The molecule has 0 radical (unpaired) electrons. The van der Waals surface area contributed by atoms with E-state index >= 15 is 0 Å². The van der Waals surface area contributed by atoms with Crippen molar-refractivity contribution in [2.75, 3.05) is 31.8 Å². The smallest absolute Gasteiger partial charge is 0.322 e. The molecule has 2 amide bonds. The quantitative estimate of drug-likeness (QED) is 0.672. The Hall–Kier alpha value is -2.29. The lowest BCUT2D eigenvalue weighted by Gasteiger charge is -2.23. The highest BCUT2D eigenvalue weighted by Gasteiger charge is 2.15. The predicted octanol–water partition coefficient (Wildman–Crippen LogP) is 3.36. The van der Waals surface area contributed by atoms with Crippen LogP contribution in [0.15, 0.2) is 48.5 Å². The maximum absolute atomic E-state index is 12.6. The lowest BCUT2D eigenvalue weighted by atomic mass is 10.2. The number of benzene rings is 2. The minimum absolute atomic E-state index is 0.192. The molecule has 0 saturated carbocycles. The molecule has 0 aliphatic heterocycles. The Morgan fingerprint density at radius 2 is 1.93 bits per heavy atom. The van der Waals surface area contributed by atoms with E-state index in [4.69, 9.17) is 20.5 Å². The molecule has 0 aliphatic rings. The number of anilines is 1. The number of hydrogen-bond acceptors (Lipinski definition) is 5. The molecule has 0 bridgehead atoms. The highest BCUT2D eigenvalue weighted by atomic mass is 35.5. The standard InChI is InChI=1S/C18H21ClN2O5S/c1-25-10-9-21(18(22)20-16-7-4-6-15(19)12-16)13-14-5-3-8-17(11-14)26-27(2,23)24/h3-8,11-12H,9-10,13H2,1-2H3,(H,20,22). The summed E-state index contributed by atoms with van der Waals surface area (Å²) in [5, 5.41) is 3.30. The summed E-state index contributed by atoms with van der Waals surface area (Å²) in [6.45, 7) is 0.944. The van der Waals surface area contributed by atoms with Crippen molar-refractivity contribution in [3.63, 3.8) is 0 Å². The molecular formula is C18H21ClN2O5S. The highest BCUT2D eigenvalue weighted by Crippen LogP contribution is 2.18. The molecule has 0 spiro atoms. The second kappa shape index (κ2) is 9.59. The van der Waals surface area contributed by atoms with E-state index in [9.17, 15) is 13.2 Å². The largest absolute Gasteiger partial charge is 0.383 e. The molecule has 0 aliphatic carbocycles. The van der Waals surface area contributed by atoms with E-state index in [1.165, 1.54) is 6.07 Å². The average Bonchev–Trinajstić information content (AvgIpc) is 2.57. The molecule has 9 heteroatoms. The average molecular weight is 413 g/mol. The van der Waals surface area contributed by atoms with Crippen molar-refractivity contribution in [1.29, 1.82) is 0 Å². The number of nitrogens with zero attached hydrogens (tertiary/aromatic N) is 1. The number of amides is 2. The van der Waals surface area contributed by atoms with Crippen LogP contribution in [0.2, 0.25) is 5.02 Å². The van der Waals surface area contributed by atoms with Crippen LogP contribution in [-0.2, 0) is 21.4 Å². The van der Waals surface area contributed by atoms with Gasteiger partial charge in [-0.25, -0.2) is 4.79 Å². The van der Waals surface area contributed by atoms with Crippen LogP contribution in [0, 0.1) is 0 Å². The summed E-state index contributed by atoms with van der Waals surface area (Å²) in [6, 6.07) is 13.1. The first-order valence-corrected chi connectivity index (χ1v) is 10.2. The van der Waals surface area contributed by atoms with Crippen LogP contribution in [0.5, 0.6) is 5.75 Å². The van der Waals surface area contributed by atoms with E-state index in [0.29, 0.717) is 29.4 Å². The molecule has 0 fully saturated rings. The molecule has 2 rings (SSSR count). The van der Waals surface area contributed by atoms with Crippen LogP contribution in [0.3, 0.4) is 0 Å². The minimum atomic E-state index is -3.62. The number of rotatable bonds is 8. The van der Waals surface area contributed by atoms with Crippen LogP contribution < -0.4 is 9.50 Å². The Labute approximate surface area is 164 Å². The van der Waals surface area contributed by atoms with Gasteiger partial charge >= 0.3 is 16.1 Å². The van der Waals surface area contributed by atoms with Gasteiger partial charge in [0.05, 0.1) is 12.9 Å². The van der Waals surface area contributed by atoms with Crippen molar-refractivity contribution in [2.45, 2.75) is 6.54 Å². The van der Waals surface area contributed by atoms with Gasteiger partial charge in [-0.15, -0.1) is 0 Å². The molecule has 0 saturated heterocycles. The molecule has 146 valence electrons. The number of carbonyl (C=O) groups is 1. The Morgan fingerprint density at radius 3 is 2.59 bits per heavy atom. The number of urea groups is 1. The van der Waals surface area contributed by atoms with Crippen LogP contribution in [0.4, 0.5) is 10.5 Å². The van der Waals surface area contributed by atoms with Crippen LogP contribution >= 0.6 is 11.6 Å². The summed E-state index contributed by atoms with van der Waals surface area (Å²) in [6.07, 6.45) is 0.975. The predicted molar refractivity (Wildman–Crippen MR) is 105 cm³/mol. The van der Waals surface area contributed by atoms with Crippen molar-refractivity contribution in [2.24, 2.45) is 0 Å². The van der Waals surface area contributed by atoms with Crippen molar-refractivity contribution < 1.29 is 22.1 Å². The monoisotopic (exact) mass is 412 g/mol. The number of methoxy groups -OCH3 is 1. The van der Waals surface area contributed by atoms with Gasteiger partial charge < -0.3 is 19.1 Å². The first kappa shape index (κ1) is 21.0. The first-order valence-electron chi connectivity index (χ1n) is 8.05. The maximum atomic E-state index is 12.6. The van der Waals surface area contributed by atoms with Crippen LogP contribution in [0.25, 0.3) is 0 Å². The first-order chi connectivity index (χ1) is 12.8. The third kappa shape index (κ3) is 7.46. The van der Waals surface area contributed by atoms with Gasteiger partial charge in [0, 0.05) is 30.9 Å². The second-order valence-electron chi connectivity index (χ2n) is 5.79. The van der Waals surface area contributed by atoms with E-state index in [-0.39, 0.29) is 18.3 Å². The topological polar surface area (TPSA) is 84.9 Å². The molecule has 2 aromatic carbocycles. The molecule has 0 heterocycles. The molecule has 27 heavy (non-hydrogen) atoms. The fourth-order valence-corrected chi connectivity index (χ4v) is 2.96. The number of halogens is 1. The van der Waals surface area contributed by atoms with Crippen LogP contribution in [0.1, 0.15) is 5.56 Å². The lowest BCUT2D eigenvalue weighted by molar-refractivity contribution is 0.153. The van der Waals surface area contributed by atoms with Crippen molar-refractivity contribution in [3.8, 4) is 5.75 Å². The summed E-state index contributed by atoms with van der Waals surface area (Å²) in [5.74, 6) is 0.192. The zero-order valence-electron chi connectivity index (χ0n) is 15.0. The zero-order valence-corrected chi connectivity index (χ0v) is 16.6. The fourth-order valence-electron chi connectivity index (χ4n) is 2.31. The molecule has 0 unspecified atom stereocenters. The van der Waals surface area contributed by atoms with E-state index in [1.54, 1.807) is 54.5 Å². The summed E-state index contributed by atoms with van der Waals surface area (Å²) in [4.78, 5) is 14.2. The lowest BCUT2D eigenvalue weighted by Crippen LogP contribution is -2.36. The molecular weight excluding hydrogens is 392 g/mol. The van der Waals surface area contributed by atoms with Gasteiger partial charge in [-0.2, -0.15) is 8.42 Å². The normalized spacial score (nSPS) is 11.1. The van der Waals surface area contributed by atoms with Gasteiger partial charge in [0.2, 0.25) is 0 Å². The van der Waals surface area contributed by atoms with Gasteiger partial charge in [-0.1, -0.05) is 29.8 Å². The van der Waals surface area contributed by atoms with E-state index in [0.717, 1.165) is 6.26 Å². The molecule has 1 N–H and O–H groups in total. The third-order valence-corrected chi connectivity index (χ3v) is 4.18. The van der Waals surface area contributed by atoms with E-state index in [2.05, 4.69) is 5.32 Å². The molecule has 0 atom stereocenters. The van der Waals surface area contributed by atoms with E-state index < -0.39 is 10.1 Å². The number of ether oxygens (including phenoxy) is 1. The minimum Gasteiger partial charge on any atom is -0.383 e. The Bertz CT molecular complexity index is 889.